The zero-order valence-corrected chi connectivity index (χ0v) is 27.3. The van der Waals surface area contributed by atoms with Crippen molar-refractivity contribution in [3.8, 4) is 12.3 Å². The lowest BCUT2D eigenvalue weighted by Crippen LogP contribution is -2.76. The normalized spacial score (nSPS) is 31.3. The molecule has 0 aliphatic carbocycles. The van der Waals surface area contributed by atoms with Gasteiger partial charge in [0.2, 0.25) is 0 Å². The maximum absolute atomic E-state index is 13.2. The Kier molecular flexibility index (Phi) is 9.04. The summed E-state index contributed by atoms with van der Waals surface area (Å²) < 4.78 is 11.6. The van der Waals surface area contributed by atoms with Gasteiger partial charge in [0.15, 0.2) is 0 Å². The Morgan fingerprint density at radius 1 is 0.854 bits per heavy atom. The van der Waals surface area contributed by atoms with Gasteiger partial charge in [0, 0.05) is 45.3 Å². The molecule has 2 amide bonds. The van der Waals surface area contributed by atoms with E-state index in [1.165, 1.54) is 0 Å². The predicted octanol–water partition coefficient (Wildman–Crippen LogP) is 5.60. The van der Waals surface area contributed by atoms with E-state index in [9.17, 15) is 9.59 Å². The fraction of sp³-hybridized carbons (Fsp3) is 0.879. The molecule has 8 nitrogen and oxygen atoms in total. The van der Waals surface area contributed by atoms with Crippen molar-refractivity contribution < 1.29 is 19.1 Å². The Labute approximate surface area is 249 Å². The summed E-state index contributed by atoms with van der Waals surface area (Å²) in [5, 5.41) is 0. The lowest BCUT2D eigenvalue weighted by Gasteiger charge is -2.60. The molecule has 4 aliphatic rings. The topological polar surface area (TPSA) is 65.6 Å². The van der Waals surface area contributed by atoms with Crippen molar-refractivity contribution in [2.24, 2.45) is 11.8 Å². The molecule has 4 rings (SSSR count). The molecule has 8 heteroatoms. The first-order valence-electron chi connectivity index (χ1n) is 16.0. The summed E-state index contributed by atoms with van der Waals surface area (Å²) in [5.41, 5.74) is -1.44. The van der Waals surface area contributed by atoms with Crippen molar-refractivity contribution in [3.63, 3.8) is 0 Å². The molecule has 4 aliphatic heterocycles. The molecular weight excluding hydrogens is 516 g/mol. The fourth-order valence-electron chi connectivity index (χ4n) is 7.97. The van der Waals surface area contributed by atoms with Gasteiger partial charge >= 0.3 is 12.2 Å². The highest BCUT2D eigenvalue weighted by Crippen LogP contribution is 2.47. The van der Waals surface area contributed by atoms with E-state index in [2.05, 4.69) is 41.4 Å². The van der Waals surface area contributed by atoms with E-state index >= 15 is 0 Å². The van der Waals surface area contributed by atoms with Crippen molar-refractivity contribution in [3.05, 3.63) is 0 Å². The smallest absolute Gasteiger partial charge is 0.410 e. The van der Waals surface area contributed by atoms with E-state index < -0.39 is 11.2 Å². The van der Waals surface area contributed by atoms with E-state index in [4.69, 9.17) is 15.9 Å². The van der Waals surface area contributed by atoms with Crippen LogP contribution < -0.4 is 0 Å². The molecule has 41 heavy (non-hydrogen) atoms. The van der Waals surface area contributed by atoms with Crippen LogP contribution in [0.1, 0.15) is 101 Å². The van der Waals surface area contributed by atoms with Crippen LogP contribution in [0.15, 0.2) is 0 Å². The first-order valence-corrected chi connectivity index (χ1v) is 16.0. The van der Waals surface area contributed by atoms with Crippen molar-refractivity contribution in [2.45, 2.75) is 135 Å². The third-order valence-corrected chi connectivity index (χ3v) is 9.41. The second-order valence-electron chi connectivity index (χ2n) is 15.7. The van der Waals surface area contributed by atoms with E-state index in [-0.39, 0.29) is 29.3 Å². The highest BCUT2D eigenvalue weighted by atomic mass is 16.6. The third-order valence-electron chi connectivity index (χ3n) is 9.41. The van der Waals surface area contributed by atoms with E-state index in [0.717, 1.165) is 71.2 Å². The molecule has 0 aromatic heterocycles. The number of hydrogen-bond acceptors (Lipinski definition) is 6. The number of nitrogens with zero attached hydrogens (tertiary/aromatic N) is 4. The average molecular weight is 573 g/mol. The molecule has 4 fully saturated rings. The van der Waals surface area contributed by atoms with Gasteiger partial charge in [-0.05, 0) is 91.9 Å². The molecule has 0 saturated carbocycles. The number of amides is 2. The molecule has 5 atom stereocenters. The fourth-order valence-corrected chi connectivity index (χ4v) is 7.97. The van der Waals surface area contributed by atoms with Crippen LogP contribution in [0.5, 0.6) is 0 Å². The van der Waals surface area contributed by atoms with Crippen molar-refractivity contribution in [1.82, 2.24) is 19.6 Å². The summed E-state index contributed by atoms with van der Waals surface area (Å²) in [6.45, 7) is 23.6. The Hall–Kier alpha value is -1.98. The van der Waals surface area contributed by atoms with Gasteiger partial charge in [0.05, 0.1) is 17.1 Å². The Morgan fingerprint density at radius 2 is 1.37 bits per heavy atom. The van der Waals surface area contributed by atoms with Crippen LogP contribution >= 0.6 is 0 Å². The quantitative estimate of drug-likeness (QED) is 0.370. The van der Waals surface area contributed by atoms with Gasteiger partial charge in [0.25, 0.3) is 0 Å². The van der Waals surface area contributed by atoms with Crippen LogP contribution in [-0.4, -0.2) is 105 Å². The van der Waals surface area contributed by atoms with E-state index in [0.29, 0.717) is 24.4 Å². The molecule has 0 aromatic rings. The van der Waals surface area contributed by atoms with Gasteiger partial charge in [-0.15, -0.1) is 6.42 Å². The Balaban J connectivity index is 1.38. The van der Waals surface area contributed by atoms with Gasteiger partial charge in [-0.1, -0.05) is 26.7 Å². The third kappa shape index (κ3) is 6.51. The molecule has 0 aromatic carbocycles. The van der Waals surface area contributed by atoms with Crippen LogP contribution in [0.3, 0.4) is 0 Å². The molecule has 4 saturated heterocycles. The predicted molar refractivity (Wildman–Crippen MR) is 163 cm³/mol. The van der Waals surface area contributed by atoms with Crippen LogP contribution in [-0.2, 0) is 9.47 Å². The Morgan fingerprint density at radius 3 is 1.88 bits per heavy atom. The molecule has 4 heterocycles. The molecule has 0 bridgehead atoms. The van der Waals surface area contributed by atoms with Crippen LogP contribution in [0.25, 0.3) is 0 Å². The van der Waals surface area contributed by atoms with Gasteiger partial charge in [-0.2, -0.15) is 0 Å². The number of carbonyl (C=O) groups is 2. The minimum Gasteiger partial charge on any atom is -0.444 e. The highest BCUT2D eigenvalue weighted by molar-refractivity contribution is 5.71. The average Bonchev–Trinajstić information content (AvgIpc) is 3.43. The zero-order chi connectivity index (χ0) is 30.4. The maximum atomic E-state index is 13.2. The minimum absolute atomic E-state index is 0.0788. The van der Waals surface area contributed by atoms with E-state index in [1.807, 2.05) is 46.4 Å². The summed E-state index contributed by atoms with van der Waals surface area (Å²) in [5.74, 6) is 4.07. The first-order chi connectivity index (χ1) is 19.0. The Bertz CT molecular complexity index is 1010. The number of terminal acetylenes is 1. The second-order valence-corrected chi connectivity index (χ2v) is 15.7. The summed E-state index contributed by atoms with van der Waals surface area (Å²) in [4.78, 5) is 35.2. The van der Waals surface area contributed by atoms with Gasteiger partial charge in [-0.25, -0.2) is 9.59 Å². The number of likely N-dealkylation sites (tertiary alicyclic amines) is 4. The van der Waals surface area contributed by atoms with Crippen LogP contribution in [0.4, 0.5) is 9.59 Å². The number of ether oxygens (including phenoxy) is 2. The van der Waals surface area contributed by atoms with Crippen LogP contribution in [0.2, 0.25) is 0 Å². The van der Waals surface area contributed by atoms with Gasteiger partial charge in [-0.3, -0.25) is 19.6 Å². The molecule has 2 spiro atoms. The summed E-state index contributed by atoms with van der Waals surface area (Å²) in [7, 11) is 0. The monoisotopic (exact) mass is 572 g/mol. The van der Waals surface area contributed by atoms with Gasteiger partial charge in [0.1, 0.15) is 11.2 Å². The lowest BCUT2D eigenvalue weighted by atomic mass is 9.73. The van der Waals surface area contributed by atoms with Gasteiger partial charge < -0.3 is 9.47 Å². The number of rotatable bonds is 7. The standard InChI is InChI=1S/C33H56N4O4/c1-11-26-32(16-12-18-36(32)28(38)40-30(5,6)7)22-35(26)21-25(4)14-15-27-33(23-34(27)20-24(2)3)17-13-19-37(33)29(39)41-31(8,9)10/h1,24-27H,12-23H2,2-10H3. The van der Waals surface area contributed by atoms with Crippen molar-refractivity contribution in [2.75, 3.05) is 39.3 Å². The summed E-state index contributed by atoms with van der Waals surface area (Å²) in [6, 6.07) is 0.274. The van der Waals surface area contributed by atoms with E-state index in [1.54, 1.807) is 0 Å². The highest BCUT2D eigenvalue weighted by Gasteiger charge is 2.61. The lowest BCUT2D eigenvalue weighted by molar-refractivity contribution is -0.102. The molecule has 0 N–H and O–H groups in total. The number of carbonyl (C=O) groups excluding carboxylic acids is 2. The second kappa shape index (κ2) is 11.6. The molecular formula is C33H56N4O4. The largest absolute Gasteiger partial charge is 0.444 e. The SMILES string of the molecule is C#CC1N(CC(C)CCC2N(CC(C)C)CC23CCCN3C(=O)OC(C)(C)C)CC12CCCN2C(=O)OC(C)(C)C. The zero-order valence-electron chi connectivity index (χ0n) is 27.3. The van der Waals surface area contributed by atoms with Crippen molar-refractivity contribution >= 4 is 12.2 Å². The summed E-state index contributed by atoms with van der Waals surface area (Å²) >= 11 is 0. The minimum atomic E-state index is -0.523. The maximum Gasteiger partial charge on any atom is 0.410 e. The number of hydrogen-bond donors (Lipinski definition) is 0. The molecule has 0 radical (unpaired) electrons. The summed E-state index contributed by atoms with van der Waals surface area (Å²) in [6.07, 6.45) is 11.8. The van der Waals surface area contributed by atoms with Crippen LogP contribution in [0, 0.1) is 24.2 Å². The molecule has 232 valence electrons. The molecule has 5 unspecified atom stereocenters. The van der Waals surface area contributed by atoms with Crippen molar-refractivity contribution in [1.29, 1.82) is 0 Å². The first kappa shape index (κ1) is 31.9.